The van der Waals surface area contributed by atoms with Crippen molar-refractivity contribution in [2.45, 2.75) is 6.92 Å². The highest BCUT2D eigenvalue weighted by Crippen LogP contribution is 2.10. The first-order chi connectivity index (χ1) is 7.70. The molecule has 16 heavy (non-hydrogen) atoms. The summed E-state index contributed by atoms with van der Waals surface area (Å²) in [6.45, 7) is 1.81. The number of ether oxygens (including phenoxy) is 1. The maximum Gasteiger partial charge on any atom is 0.397 e. The predicted octanol–water partition coefficient (Wildman–Crippen LogP) is 0.622. The van der Waals surface area contributed by atoms with Crippen molar-refractivity contribution in [3.63, 3.8) is 0 Å². The average Bonchev–Trinajstić information content (AvgIpc) is 2.77. The van der Waals surface area contributed by atoms with Crippen molar-refractivity contribution in [3.05, 3.63) is 23.8 Å². The van der Waals surface area contributed by atoms with Crippen LogP contribution in [0.2, 0.25) is 0 Å². The summed E-state index contributed by atoms with van der Waals surface area (Å²) in [6.07, 6.45) is 1.58. The molecule has 82 valence electrons. The van der Waals surface area contributed by atoms with Gasteiger partial charge in [-0.3, -0.25) is 0 Å². The van der Waals surface area contributed by atoms with Gasteiger partial charge < -0.3 is 9.26 Å². The van der Waals surface area contributed by atoms with E-state index in [-0.39, 0.29) is 11.7 Å². The van der Waals surface area contributed by atoms with Crippen LogP contribution in [0.4, 0.5) is 0 Å². The number of aromatic nitrogens is 4. The molecule has 2 rings (SSSR count). The molecule has 0 unspecified atom stereocenters. The van der Waals surface area contributed by atoms with Gasteiger partial charge in [0.2, 0.25) is 11.6 Å². The zero-order chi connectivity index (χ0) is 11.5. The number of aryl methyl sites for hydroxylation is 1. The van der Waals surface area contributed by atoms with Crippen molar-refractivity contribution < 1.29 is 14.1 Å². The summed E-state index contributed by atoms with van der Waals surface area (Å²) in [4.78, 5) is 22.9. The van der Waals surface area contributed by atoms with Gasteiger partial charge in [0.05, 0.1) is 7.11 Å². The first-order valence-corrected chi connectivity index (χ1v) is 4.43. The molecule has 0 aliphatic rings. The summed E-state index contributed by atoms with van der Waals surface area (Å²) in [7, 11) is 1.23. The van der Waals surface area contributed by atoms with Crippen molar-refractivity contribution >= 4 is 5.97 Å². The molecule has 7 heteroatoms. The molecule has 0 bridgehead atoms. The van der Waals surface area contributed by atoms with Gasteiger partial charge in [-0.25, -0.2) is 14.8 Å². The molecule has 7 nitrogen and oxygen atoms in total. The Hall–Kier alpha value is -2.31. The van der Waals surface area contributed by atoms with Gasteiger partial charge in [0.25, 0.3) is 0 Å². The molecule has 2 aromatic rings. The Morgan fingerprint density at radius 2 is 2.19 bits per heavy atom. The van der Waals surface area contributed by atoms with Crippen LogP contribution in [-0.4, -0.2) is 33.2 Å². The van der Waals surface area contributed by atoms with E-state index >= 15 is 0 Å². The fourth-order valence-corrected chi connectivity index (χ4v) is 1.04. The lowest BCUT2D eigenvalue weighted by molar-refractivity contribution is 0.0545. The van der Waals surface area contributed by atoms with Crippen molar-refractivity contribution in [1.82, 2.24) is 20.1 Å². The molecule has 0 fully saturated rings. The molecule has 0 aliphatic carbocycles. The summed E-state index contributed by atoms with van der Waals surface area (Å²) in [5.41, 5.74) is 0.773. The van der Waals surface area contributed by atoms with Gasteiger partial charge in [-0.2, -0.15) is 4.98 Å². The molecule has 0 radical (unpaired) electrons. The third-order valence-corrected chi connectivity index (χ3v) is 1.78. The lowest BCUT2D eigenvalue weighted by atomic mass is 10.4. The number of methoxy groups -OCH3 is 1. The Morgan fingerprint density at radius 1 is 1.38 bits per heavy atom. The normalized spacial score (nSPS) is 10.1. The number of nitrogens with zero attached hydrogens (tertiary/aromatic N) is 4. The third-order valence-electron chi connectivity index (χ3n) is 1.78. The van der Waals surface area contributed by atoms with E-state index in [4.69, 9.17) is 4.52 Å². The van der Waals surface area contributed by atoms with Gasteiger partial charge in [0.15, 0.2) is 0 Å². The summed E-state index contributed by atoms with van der Waals surface area (Å²) >= 11 is 0. The van der Waals surface area contributed by atoms with Gasteiger partial charge in [-0.15, -0.1) is 0 Å². The smallest absolute Gasteiger partial charge is 0.397 e. The second kappa shape index (κ2) is 4.05. The van der Waals surface area contributed by atoms with Gasteiger partial charge in [0.1, 0.15) is 0 Å². The number of esters is 1. The maximum absolute atomic E-state index is 11.1. The van der Waals surface area contributed by atoms with Crippen molar-refractivity contribution in [3.8, 4) is 11.6 Å². The van der Waals surface area contributed by atoms with Gasteiger partial charge in [0, 0.05) is 11.9 Å². The van der Waals surface area contributed by atoms with Crippen LogP contribution >= 0.6 is 0 Å². The number of rotatable bonds is 2. The lowest BCUT2D eigenvalue weighted by Crippen LogP contribution is -2.01. The molecule has 0 N–H and O–H groups in total. The van der Waals surface area contributed by atoms with Gasteiger partial charge in [-0.05, 0) is 13.0 Å². The Balaban J connectivity index is 2.35. The molecule has 0 aliphatic heterocycles. The van der Waals surface area contributed by atoms with Gasteiger partial charge in [-0.1, -0.05) is 5.16 Å². The maximum atomic E-state index is 11.1. The molecular weight excluding hydrogens is 212 g/mol. The first kappa shape index (κ1) is 10.2. The van der Waals surface area contributed by atoms with Crippen LogP contribution in [0.15, 0.2) is 16.8 Å². The van der Waals surface area contributed by atoms with Crippen LogP contribution in [0.25, 0.3) is 11.6 Å². The van der Waals surface area contributed by atoms with E-state index in [0.29, 0.717) is 5.82 Å². The van der Waals surface area contributed by atoms with E-state index in [1.165, 1.54) is 7.11 Å². The zero-order valence-corrected chi connectivity index (χ0v) is 8.67. The fraction of sp³-hybridized carbons (Fsp3) is 0.222. The van der Waals surface area contributed by atoms with Crippen molar-refractivity contribution in [2.24, 2.45) is 0 Å². The topological polar surface area (TPSA) is 91.0 Å². The highest BCUT2D eigenvalue weighted by molar-refractivity contribution is 5.84. The molecule has 0 aromatic carbocycles. The highest BCUT2D eigenvalue weighted by Gasteiger charge is 2.17. The van der Waals surface area contributed by atoms with Crippen LogP contribution < -0.4 is 0 Å². The number of carbonyl (C=O) groups excluding carboxylic acids is 1. The standard InChI is InChI=1S/C9H8N4O3/c1-5-3-4-10-6(11-5)7-12-8(16-13-7)9(14)15-2/h3-4H,1-2H3. The molecule has 0 saturated heterocycles. The summed E-state index contributed by atoms with van der Waals surface area (Å²) in [6, 6.07) is 1.74. The second-order valence-corrected chi connectivity index (χ2v) is 2.94. The molecular formula is C9H8N4O3. The predicted molar refractivity (Wildman–Crippen MR) is 51.4 cm³/mol. The van der Waals surface area contributed by atoms with E-state index in [1.807, 2.05) is 6.92 Å². The van der Waals surface area contributed by atoms with Crippen LogP contribution in [0.1, 0.15) is 16.4 Å². The fourth-order valence-electron chi connectivity index (χ4n) is 1.04. The number of carbonyl (C=O) groups is 1. The first-order valence-electron chi connectivity index (χ1n) is 4.43. The van der Waals surface area contributed by atoms with Crippen molar-refractivity contribution in [1.29, 1.82) is 0 Å². The van der Waals surface area contributed by atoms with Crippen molar-refractivity contribution in [2.75, 3.05) is 7.11 Å². The highest BCUT2D eigenvalue weighted by atomic mass is 16.6. The number of hydrogen-bond acceptors (Lipinski definition) is 7. The minimum atomic E-state index is -0.689. The Morgan fingerprint density at radius 3 is 2.88 bits per heavy atom. The molecule has 0 saturated carbocycles. The molecule has 0 spiro atoms. The quantitative estimate of drug-likeness (QED) is 0.685. The van der Waals surface area contributed by atoms with E-state index in [1.54, 1.807) is 12.3 Å². The van der Waals surface area contributed by atoms with E-state index in [9.17, 15) is 4.79 Å². The molecule has 0 atom stereocenters. The van der Waals surface area contributed by atoms with Crippen LogP contribution in [0, 0.1) is 6.92 Å². The Labute approximate surface area is 90.5 Å². The number of hydrogen-bond donors (Lipinski definition) is 0. The molecule has 2 aromatic heterocycles. The Bertz CT molecular complexity index is 523. The minimum absolute atomic E-state index is 0.157. The average molecular weight is 220 g/mol. The minimum Gasteiger partial charge on any atom is -0.462 e. The van der Waals surface area contributed by atoms with Crippen LogP contribution in [0.3, 0.4) is 0 Å². The summed E-state index contributed by atoms with van der Waals surface area (Å²) in [5.74, 6) is -0.447. The van der Waals surface area contributed by atoms with Crippen LogP contribution in [0.5, 0.6) is 0 Å². The zero-order valence-electron chi connectivity index (χ0n) is 8.67. The molecule has 2 heterocycles. The summed E-state index contributed by atoms with van der Waals surface area (Å²) in [5, 5.41) is 3.58. The van der Waals surface area contributed by atoms with E-state index in [2.05, 4.69) is 24.8 Å². The monoisotopic (exact) mass is 220 g/mol. The van der Waals surface area contributed by atoms with E-state index < -0.39 is 5.97 Å². The summed E-state index contributed by atoms with van der Waals surface area (Å²) < 4.78 is 9.13. The van der Waals surface area contributed by atoms with E-state index in [0.717, 1.165) is 5.69 Å². The largest absolute Gasteiger partial charge is 0.462 e. The van der Waals surface area contributed by atoms with Gasteiger partial charge >= 0.3 is 11.9 Å². The Kier molecular flexibility index (Phi) is 2.59. The lowest BCUT2D eigenvalue weighted by Gasteiger charge is -1.93. The third kappa shape index (κ3) is 1.88. The molecule has 0 amide bonds. The SMILES string of the molecule is COC(=O)c1nc(-c2nccc(C)n2)no1. The second-order valence-electron chi connectivity index (χ2n) is 2.94. The van der Waals surface area contributed by atoms with Crippen LogP contribution in [-0.2, 0) is 4.74 Å².